The maximum Gasteiger partial charge on any atom is 0.242 e. The SMILES string of the molecule is CCOc1ccc(C2CC(C(=O)Nc3c(C)cc(C)cc3C)NN2)cc1. The summed E-state index contributed by atoms with van der Waals surface area (Å²) in [4.78, 5) is 12.7. The van der Waals surface area contributed by atoms with Crippen LogP contribution in [0.2, 0.25) is 0 Å². The molecular formula is C21H27N3O2. The molecule has 0 radical (unpaired) electrons. The average Bonchev–Trinajstić information content (AvgIpc) is 3.09. The zero-order valence-corrected chi connectivity index (χ0v) is 15.8. The molecule has 2 atom stereocenters. The van der Waals surface area contributed by atoms with Crippen molar-refractivity contribution in [1.29, 1.82) is 0 Å². The van der Waals surface area contributed by atoms with Gasteiger partial charge < -0.3 is 10.1 Å². The van der Waals surface area contributed by atoms with Gasteiger partial charge in [-0.1, -0.05) is 29.8 Å². The van der Waals surface area contributed by atoms with Gasteiger partial charge in [0.15, 0.2) is 0 Å². The summed E-state index contributed by atoms with van der Waals surface area (Å²) in [5.74, 6) is 0.850. The Kier molecular flexibility index (Phi) is 5.59. The predicted molar refractivity (Wildman–Crippen MR) is 104 cm³/mol. The quantitative estimate of drug-likeness (QED) is 0.769. The van der Waals surface area contributed by atoms with Gasteiger partial charge in [0.05, 0.1) is 6.61 Å². The van der Waals surface area contributed by atoms with Crippen molar-refractivity contribution in [1.82, 2.24) is 10.9 Å². The summed E-state index contributed by atoms with van der Waals surface area (Å²) in [6.45, 7) is 8.74. The molecule has 3 rings (SSSR count). The molecule has 3 N–H and O–H groups in total. The van der Waals surface area contributed by atoms with Gasteiger partial charge >= 0.3 is 0 Å². The standard InChI is InChI=1S/C21H27N3O2/c1-5-26-17-8-6-16(7-9-17)18-12-19(24-23-18)21(25)22-20-14(3)10-13(2)11-15(20)4/h6-11,18-19,23-24H,5,12H2,1-4H3,(H,22,25). The molecule has 0 spiro atoms. The molecule has 1 heterocycles. The number of anilines is 1. The smallest absolute Gasteiger partial charge is 0.242 e. The fraction of sp³-hybridized carbons (Fsp3) is 0.381. The molecule has 2 unspecified atom stereocenters. The van der Waals surface area contributed by atoms with E-state index in [0.717, 1.165) is 28.1 Å². The van der Waals surface area contributed by atoms with Crippen molar-refractivity contribution in [2.24, 2.45) is 0 Å². The lowest BCUT2D eigenvalue weighted by Crippen LogP contribution is -2.39. The van der Waals surface area contributed by atoms with Crippen LogP contribution in [0.15, 0.2) is 36.4 Å². The summed E-state index contributed by atoms with van der Waals surface area (Å²) in [5, 5.41) is 3.08. The number of hydrazine groups is 1. The first-order valence-electron chi connectivity index (χ1n) is 9.10. The van der Waals surface area contributed by atoms with Crippen molar-refractivity contribution in [3.05, 3.63) is 58.7 Å². The van der Waals surface area contributed by atoms with Crippen molar-refractivity contribution >= 4 is 11.6 Å². The summed E-state index contributed by atoms with van der Waals surface area (Å²) < 4.78 is 5.48. The molecule has 26 heavy (non-hydrogen) atoms. The number of ether oxygens (including phenoxy) is 1. The van der Waals surface area contributed by atoms with Crippen molar-refractivity contribution in [3.63, 3.8) is 0 Å². The molecule has 5 heteroatoms. The number of amides is 1. The van der Waals surface area contributed by atoms with E-state index in [0.29, 0.717) is 13.0 Å². The van der Waals surface area contributed by atoms with Crippen molar-refractivity contribution in [2.45, 2.75) is 46.2 Å². The molecule has 0 aromatic heterocycles. The van der Waals surface area contributed by atoms with Gasteiger partial charge in [0.25, 0.3) is 0 Å². The zero-order valence-electron chi connectivity index (χ0n) is 15.8. The summed E-state index contributed by atoms with van der Waals surface area (Å²) >= 11 is 0. The van der Waals surface area contributed by atoms with Gasteiger partial charge in [0, 0.05) is 11.7 Å². The Morgan fingerprint density at radius 1 is 1.12 bits per heavy atom. The number of carbonyl (C=O) groups excluding carboxylic acids is 1. The molecule has 1 aliphatic heterocycles. The van der Waals surface area contributed by atoms with Crippen LogP contribution < -0.4 is 20.9 Å². The molecule has 1 fully saturated rings. The maximum absolute atomic E-state index is 12.7. The predicted octanol–water partition coefficient (Wildman–Crippen LogP) is 3.56. The number of hydrogen-bond donors (Lipinski definition) is 3. The van der Waals surface area contributed by atoms with Crippen LogP contribution in [0, 0.1) is 20.8 Å². The minimum atomic E-state index is -0.272. The molecule has 0 saturated carbocycles. The number of carbonyl (C=O) groups is 1. The second-order valence-electron chi connectivity index (χ2n) is 6.89. The minimum Gasteiger partial charge on any atom is -0.494 e. The molecule has 1 amide bonds. The zero-order chi connectivity index (χ0) is 18.7. The number of rotatable bonds is 5. The highest BCUT2D eigenvalue weighted by molar-refractivity contribution is 5.96. The topological polar surface area (TPSA) is 62.4 Å². The molecule has 0 aliphatic carbocycles. The molecule has 2 aromatic rings. The van der Waals surface area contributed by atoms with E-state index < -0.39 is 0 Å². The normalized spacial score (nSPS) is 19.4. The summed E-state index contributed by atoms with van der Waals surface area (Å²) in [6.07, 6.45) is 0.698. The van der Waals surface area contributed by atoms with Crippen molar-refractivity contribution < 1.29 is 9.53 Å². The van der Waals surface area contributed by atoms with E-state index in [1.807, 2.05) is 45.0 Å². The maximum atomic E-state index is 12.7. The first kappa shape index (κ1) is 18.4. The van der Waals surface area contributed by atoms with Crippen LogP contribution in [-0.4, -0.2) is 18.6 Å². The van der Waals surface area contributed by atoms with E-state index in [9.17, 15) is 4.79 Å². The Morgan fingerprint density at radius 3 is 2.38 bits per heavy atom. The van der Waals surface area contributed by atoms with E-state index in [1.54, 1.807) is 0 Å². The van der Waals surface area contributed by atoms with Gasteiger partial charge in [0.1, 0.15) is 11.8 Å². The first-order valence-corrected chi connectivity index (χ1v) is 9.10. The fourth-order valence-electron chi connectivity index (χ4n) is 3.50. The van der Waals surface area contributed by atoms with Crippen LogP contribution >= 0.6 is 0 Å². The third-order valence-corrected chi connectivity index (χ3v) is 4.74. The van der Waals surface area contributed by atoms with Crippen molar-refractivity contribution in [3.8, 4) is 5.75 Å². The summed E-state index contributed by atoms with van der Waals surface area (Å²) in [6, 6.07) is 12.0. The number of nitrogens with one attached hydrogen (secondary N) is 3. The Labute approximate surface area is 155 Å². The lowest BCUT2D eigenvalue weighted by molar-refractivity contribution is -0.117. The summed E-state index contributed by atoms with van der Waals surface area (Å²) in [5.41, 5.74) is 11.8. The second kappa shape index (κ2) is 7.89. The molecule has 1 saturated heterocycles. The van der Waals surface area contributed by atoms with Gasteiger partial charge in [-0.05, 0) is 62.9 Å². The number of aryl methyl sites for hydroxylation is 3. The van der Waals surface area contributed by atoms with Crippen LogP contribution in [0.4, 0.5) is 5.69 Å². The molecular weight excluding hydrogens is 326 g/mol. The number of hydrogen-bond acceptors (Lipinski definition) is 4. The fourth-order valence-corrected chi connectivity index (χ4v) is 3.50. The molecule has 0 bridgehead atoms. The summed E-state index contributed by atoms with van der Waals surface area (Å²) in [7, 11) is 0. The Bertz CT molecular complexity index is 763. The lowest BCUT2D eigenvalue weighted by atomic mass is 10.0. The van der Waals surface area contributed by atoms with E-state index in [-0.39, 0.29) is 18.0 Å². The first-order chi connectivity index (χ1) is 12.5. The lowest BCUT2D eigenvalue weighted by Gasteiger charge is -2.15. The minimum absolute atomic E-state index is 0.0130. The van der Waals surface area contributed by atoms with E-state index >= 15 is 0 Å². The molecule has 5 nitrogen and oxygen atoms in total. The van der Waals surface area contributed by atoms with Crippen LogP contribution in [-0.2, 0) is 4.79 Å². The third kappa shape index (κ3) is 4.06. The third-order valence-electron chi connectivity index (χ3n) is 4.74. The molecule has 1 aliphatic rings. The monoisotopic (exact) mass is 353 g/mol. The average molecular weight is 353 g/mol. The van der Waals surface area contributed by atoms with Crippen LogP contribution in [0.1, 0.15) is 41.6 Å². The van der Waals surface area contributed by atoms with Crippen LogP contribution in [0.25, 0.3) is 0 Å². The van der Waals surface area contributed by atoms with Gasteiger partial charge in [-0.2, -0.15) is 0 Å². The van der Waals surface area contributed by atoms with Gasteiger partial charge in [-0.3, -0.25) is 4.79 Å². The Morgan fingerprint density at radius 2 is 1.77 bits per heavy atom. The Balaban J connectivity index is 1.64. The highest BCUT2D eigenvalue weighted by Crippen LogP contribution is 2.26. The van der Waals surface area contributed by atoms with E-state index in [2.05, 4.69) is 35.2 Å². The van der Waals surface area contributed by atoms with Gasteiger partial charge in [0.2, 0.25) is 5.91 Å². The second-order valence-corrected chi connectivity index (χ2v) is 6.89. The Hall–Kier alpha value is -2.37. The van der Waals surface area contributed by atoms with E-state index in [4.69, 9.17) is 4.74 Å². The largest absolute Gasteiger partial charge is 0.494 e. The van der Waals surface area contributed by atoms with Gasteiger partial charge in [-0.15, -0.1) is 0 Å². The highest BCUT2D eigenvalue weighted by Gasteiger charge is 2.30. The molecule has 2 aromatic carbocycles. The molecule has 138 valence electrons. The van der Waals surface area contributed by atoms with E-state index in [1.165, 1.54) is 5.56 Å². The number of benzene rings is 2. The van der Waals surface area contributed by atoms with Gasteiger partial charge in [-0.25, -0.2) is 10.9 Å². The van der Waals surface area contributed by atoms with Crippen LogP contribution in [0.3, 0.4) is 0 Å². The van der Waals surface area contributed by atoms with Crippen LogP contribution in [0.5, 0.6) is 5.75 Å². The highest BCUT2D eigenvalue weighted by atomic mass is 16.5. The van der Waals surface area contributed by atoms with Crippen molar-refractivity contribution in [2.75, 3.05) is 11.9 Å².